The van der Waals surface area contributed by atoms with Crippen LogP contribution < -0.4 is 0 Å². The van der Waals surface area contributed by atoms with Crippen LogP contribution in [0.1, 0.15) is 47.0 Å². The Morgan fingerprint density at radius 3 is 2.71 bits per heavy atom. The average molecular weight is 234 g/mol. The number of carbonyl (C=O) groups is 2. The molecule has 0 aromatic rings. The van der Waals surface area contributed by atoms with E-state index < -0.39 is 0 Å². The van der Waals surface area contributed by atoms with Gasteiger partial charge in [0.15, 0.2) is 11.6 Å². The summed E-state index contributed by atoms with van der Waals surface area (Å²) in [7, 11) is 0. The molecule has 0 N–H and O–H groups in total. The fourth-order valence-electron chi connectivity index (χ4n) is 2.08. The first kappa shape index (κ1) is 13.9. The number of carbonyl (C=O) groups excluding carboxylic acids is 2. The number of rotatable bonds is 4. The molecule has 0 spiro atoms. The lowest BCUT2D eigenvalue weighted by atomic mass is 9.84. The number of Topliss-reactive ketones (excluding diaryl/α,β-unsaturated/α-hetero) is 1. The predicted octanol–water partition coefficient (Wildman–Crippen LogP) is 3.47. The molecule has 0 aromatic carbocycles. The highest BCUT2D eigenvalue weighted by atomic mass is 16.1. The molecule has 17 heavy (non-hydrogen) atoms. The maximum atomic E-state index is 11.7. The van der Waals surface area contributed by atoms with Gasteiger partial charge in [0.05, 0.1) is 0 Å². The Bertz CT molecular complexity index is 372. The first-order valence-corrected chi connectivity index (χ1v) is 6.31. The van der Waals surface area contributed by atoms with Crippen molar-refractivity contribution in [3.8, 4) is 0 Å². The third-order valence-corrected chi connectivity index (χ3v) is 3.22. The second-order valence-electron chi connectivity index (χ2n) is 5.40. The van der Waals surface area contributed by atoms with Crippen LogP contribution in [-0.2, 0) is 9.59 Å². The van der Waals surface area contributed by atoms with Crippen molar-refractivity contribution in [2.75, 3.05) is 0 Å². The number of ketones is 2. The van der Waals surface area contributed by atoms with Crippen molar-refractivity contribution in [1.29, 1.82) is 0 Å². The summed E-state index contributed by atoms with van der Waals surface area (Å²) < 4.78 is 0. The highest BCUT2D eigenvalue weighted by Crippen LogP contribution is 2.26. The molecule has 0 saturated carbocycles. The molecular formula is C15H22O2. The maximum absolute atomic E-state index is 11.7. The predicted molar refractivity (Wildman–Crippen MR) is 69.7 cm³/mol. The van der Waals surface area contributed by atoms with Crippen molar-refractivity contribution in [3.05, 3.63) is 23.3 Å². The molecule has 0 aliphatic heterocycles. The second kappa shape index (κ2) is 5.95. The van der Waals surface area contributed by atoms with Crippen LogP contribution in [0, 0.1) is 11.8 Å². The molecule has 1 unspecified atom stereocenters. The molecule has 94 valence electrons. The summed E-state index contributed by atoms with van der Waals surface area (Å²) in [6.45, 7) is 7.90. The van der Waals surface area contributed by atoms with E-state index in [-0.39, 0.29) is 17.5 Å². The van der Waals surface area contributed by atoms with Crippen molar-refractivity contribution in [3.63, 3.8) is 0 Å². The Balaban J connectivity index is 2.65. The zero-order valence-electron chi connectivity index (χ0n) is 11.2. The fraction of sp³-hybridized carbons (Fsp3) is 0.600. The van der Waals surface area contributed by atoms with Crippen LogP contribution in [-0.4, -0.2) is 11.6 Å². The van der Waals surface area contributed by atoms with Gasteiger partial charge in [0.2, 0.25) is 0 Å². The van der Waals surface area contributed by atoms with E-state index in [9.17, 15) is 9.59 Å². The molecule has 0 aromatic heterocycles. The molecule has 0 saturated heterocycles. The van der Waals surface area contributed by atoms with Crippen LogP contribution in [0.4, 0.5) is 0 Å². The first-order valence-electron chi connectivity index (χ1n) is 6.31. The zero-order valence-corrected chi connectivity index (χ0v) is 11.2. The normalized spacial score (nSPS) is 21.7. The SMILES string of the molecule is CC1=CCC(/C(C)=C/C(=O)CC(C)C)CC1=O. The Hall–Kier alpha value is -1.18. The minimum Gasteiger partial charge on any atom is -0.295 e. The van der Waals surface area contributed by atoms with Crippen molar-refractivity contribution in [2.45, 2.75) is 47.0 Å². The minimum atomic E-state index is 0.177. The topological polar surface area (TPSA) is 34.1 Å². The van der Waals surface area contributed by atoms with Gasteiger partial charge in [0.1, 0.15) is 0 Å². The van der Waals surface area contributed by atoms with Gasteiger partial charge < -0.3 is 0 Å². The molecule has 0 radical (unpaired) electrons. The van der Waals surface area contributed by atoms with Crippen LogP contribution in [0.15, 0.2) is 23.3 Å². The van der Waals surface area contributed by atoms with Gasteiger partial charge in [-0.3, -0.25) is 9.59 Å². The van der Waals surface area contributed by atoms with E-state index in [1.807, 2.05) is 33.8 Å². The van der Waals surface area contributed by atoms with Gasteiger partial charge >= 0.3 is 0 Å². The van der Waals surface area contributed by atoms with E-state index in [0.717, 1.165) is 17.6 Å². The Morgan fingerprint density at radius 2 is 2.18 bits per heavy atom. The van der Waals surface area contributed by atoms with Gasteiger partial charge in [0.25, 0.3) is 0 Å². The number of hydrogen-bond acceptors (Lipinski definition) is 2. The van der Waals surface area contributed by atoms with E-state index in [0.29, 0.717) is 18.8 Å². The number of allylic oxidation sites excluding steroid dienone is 4. The van der Waals surface area contributed by atoms with Gasteiger partial charge in [0, 0.05) is 12.8 Å². The lowest BCUT2D eigenvalue weighted by Crippen LogP contribution is -2.16. The van der Waals surface area contributed by atoms with Gasteiger partial charge in [-0.05, 0) is 43.8 Å². The standard InChI is InChI=1S/C15H22O2/c1-10(2)7-14(16)8-12(4)13-6-5-11(3)15(17)9-13/h5,8,10,13H,6-7,9H2,1-4H3/b12-8+. The Kier molecular flexibility index (Phi) is 4.86. The van der Waals surface area contributed by atoms with Crippen LogP contribution in [0.3, 0.4) is 0 Å². The van der Waals surface area contributed by atoms with Crippen molar-refractivity contribution >= 4 is 11.6 Å². The average Bonchev–Trinajstić information content (AvgIpc) is 2.20. The summed E-state index contributed by atoms with van der Waals surface area (Å²) in [6, 6.07) is 0. The molecular weight excluding hydrogens is 212 g/mol. The summed E-state index contributed by atoms with van der Waals surface area (Å²) in [6.07, 6.45) is 5.74. The van der Waals surface area contributed by atoms with E-state index in [4.69, 9.17) is 0 Å². The van der Waals surface area contributed by atoms with Crippen molar-refractivity contribution in [2.24, 2.45) is 11.8 Å². The summed E-state index contributed by atoms with van der Waals surface area (Å²) >= 11 is 0. The van der Waals surface area contributed by atoms with Crippen LogP contribution in [0.5, 0.6) is 0 Å². The third kappa shape index (κ3) is 4.29. The molecule has 1 atom stereocenters. The van der Waals surface area contributed by atoms with Crippen LogP contribution in [0.25, 0.3) is 0 Å². The monoisotopic (exact) mass is 234 g/mol. The van der Waals surface area contributed by atoms with E-state index >= 15 is 0 Å². The van der Waals surface area contributed by atoms with E-state index in [1.54, 1.807) is 6.08 Å². The van der Waals surface area contributed by atoms with Crippen LogP contribution >= 0.6 is 0 Å². The lowest BCUT2D eigenvalue weighted by Gasteiger charge is -2.20. The summed E-state index contributed by atoms with van der Waals surface area (Å²) in [5.41, 5.74) is 1.91. The van der Waals surface area contributed by atoms with Crippen molar-refractivity contribution < 1.29 is 9.59 Å². The van der Waals surface area contributed by atoms with Gasteiger partial charge in [-0.15, -0.1) is 0 Å². The molecule has 0 heterocycles. The molecule has 2 nitrogen and oxygen atoms in total. The van der Waals surface area contributed by atoms with Crippen molar-refractivity contribution in [1.82, 2.24) is 0 Å². The van der Waals surface area contributed by atoms with Gasteiger partial charge in [-0.25, -0.2) is 0 Å². The highest BCUT2D eigenvalue weighted by Gasteiger charge is 2.20. The van der Waals surface area contributed by atoms with E-state index in [2.05, 4.69) is 0 Å². The minimum absolute atomic E-state index is 0.177. The maximum Gasteiger partial charge on any atom is 0.158 e. The molecule has 0 amide bonds. The third-order valence-electron chi connectivity index (χ3n) is 3.22. The quantitative estimate of drug-likeness (QED) is 0.698. The van der Waals surface area contributed by atoms with Crippen LogP contribution in [0.2, 0.25) is 0 Å². The second-order valence-corrected chi connectivity index (χ2v) is 5.40. The Labute approximate surface area is 104 Å². The van der Waals surface area contributed by atoms with Gasteiger partial charge in [-0.1, -0.05) is 25.5 Å². The largest absolute Gasteiger partial charge is 0.295 e. The highest BCUT2D eigenvalue weighted by molar-refractivity contribution is 5.96. The smallest absolute Gasteiger partial charge is 0.158 e. The summed E-state index contributed by atoms with van der Waals surface area (Å²) in [5.74, 6) is 1.01. The Morgan fingerprint density at radius 1 is 1.53 bits per heavy atom. The zero-order chi connectivity index (χ0) is 13.0. The van der Waals surface area contributed by atoms with Gasteiger partial charge in [-0.2, -0.15) is 0 Å². The molecule has 1 aliphatic carbocycles. The summed E-state index contributed by atoms with van der Waals surface area (Å²) in [4.78, 5) is 23.3. The fourth-order valence-corrected chi connectivity index (χ4v) is 2.08. The molecule has 2 heteroatoms. The van der Waals surface area contributed by atoms with E-state index in [1.165, 1.54) is 0 Å². The number of hydrogen-bond donors (Lipinski definition) is 0. The molecule has 0 fully saturated rings. The summed E-state index contributed by atoms with van der Waals surface area (Å²) in [5, 5.41) is 0. The molecule has 1 aliphatic rings. The lowest BCUT2D eigenvalue weighted by molar-refractivity contribution is -0.117. The molecule has 0 bridgehead atoms. The first-order chi connectivity index (χ1) is 7.90. The molecule has 1 rings (SSSR count).